The average molecular weight is 1000 g/mol. The summed E-state index contributed by atoms with van der Waals surface area (Å²) in [6.07, 6.45) is -0.570. The minimum atomic E-state index is -5.73. The summed E-state index contributed by atoms with van der Waals surface area (Å²) in [4.78, 5) is 79.7. The summed E-state index contributed by atoms with van der Waals surface area (Å²) >= 11 is 25.4. The number of ether oxygens (including phenoxy) is 3. The van der Waals surface area contributed by atoms with Crippen LogP contribution in [0.2, 0.25) is 20.1 Å². The Balaban J connectivity index is 1.05. The summed E-state index contributed by atoms with van der Waals surface area (Å²) in [5.41, 5.74) is 3.42. The standard InChI is InChI=1S/C33H25Cl4N4O18P3/c34-20-9-18-27(23(36)25(20)42)56-28-19(10-21(35)26(43)24(28)37)33(18)17-5-3-13(8-16(17)31(45)57-33)30(44)39-7-1-2-14-11-41(32(46)40-29(14)38)22-6-4-15(55-22)12-54-61(50,51)59-62(52,53)58-60(47,48)49/h3,5,8-11,15,22,42-43H,4,6-7,12H2,(H,39,44)(H,50,51)(H,52,53)(H2,38,40,46)(H2,47,48,49)/t15-,22+/m0/s1. The van der Waals surface area contributed by atoms with Crippen molar-refractivity contribution in [1.82, 2.24) is 14.9 Å². The summed E-state index contributed by atoms with van der Waals surface area (Å²) < 4.78 is 65.0. The molecule has 3 aliphatic rings. The van der Waals surface area contributed by atoms with Crippen LogP contribution in [0.25, 0.3) is 0 Å². The monoisotopic (exact) mass is 998 g/mol. The molecule has 3 aliphatic heterocycles. The number of phenolic OH excluding ortho intramolecular Hbond substituents is 2. The number of halogens is 4. The number of nitrogens with one attached hydrogen (secondary N) is 1. The molecule has 9 N–H and O–H groups in total. The van der Waals surface area contributed by atoms with Gasteiger partial charge in [0.2, 0.25) is 0 Å². The predicted octanol–water partition coefficient (Wildman–Crippen LogP) is 5.22. The van der Waals surface area contributed by atoms with Gasteiger partial charge in [-0.2, -0.15) is 13.6 Å². The number of nitrogen functional groups attached to an aromatic ring is 1. The summed E-state index contributed by atoms with van der Waals surface area (Å²) in [5.74, 6) is 2.01. The number of phenols is 2. The van der Waals surface area contributed by atoms with Crippen molar-refractivity contribution < 1.29 is 80.4 Å². The second-order valence-electron chi connectivity index (χ2n) is 13.1. The molecular formula is C33H25Cl4N4O18P3. The third kappa shape index (κ3) is 8.81. The maximum absolute atomic E-state index is 13.6. The van der Waals surface area contributed by atoms with Gasteiger partial charge < -0.3 is 55.0 Å². The van der Waals surface area contributed by atoms with E-state index >= 15 is 0 Å². The molecule has 0 aliphatic carbocycles. The van der Waals surface area contributed by atoms with Crippen LogP contribution in [0, 0.1) is 11.8 Å². The van der Waals surface area contributed by atoms with Gasteiger partial charge >= 0.3 is 35.1 Å². The summed E-state index contributed by atoms with van der Waals surface area (Å²) in [6.45, 7) is -1.03. The Labute approximate surface area is 366 Å². The number of phosphoric acid groups is 3. The molecule has 1 aromatic heterocycles. The lowest BCUT2D eigenvalue weighted by atomic mass is 9.77. The largest absolute Gasteiger partial charge is 0.505 e. The van der Waals surface area contributed by atoms with Crippen LogP contribution in [0.15, 0.2) is 41.3 Å². The first-order valence-electron chi connectivity index (χ1n) is 17.0. The Bertz CT molecular complexity index is 2820. The highest BCUT2D eigenvalue weighted by molar-refractivity contribution is 7.66. The van der Waals surface area contributed by atoms with Crippen LogP contribution in [-0.4, -0.2) is 70.5 Å². The number of fused-ring (bicyclic) bond motifs is 6. The lowest BCUT2D eigenvalue weighted by Gasteiger charge is -2.37. The molecule has 0 saturated carbocycles. The number of aromatic nitrogens is 2. The van der Waals surface area contributed by atoms with E-state index in [1.54, 1.807) is 0 Å². The molecule has 4 atom stereocenters. The van der Waals surface area contributed by atoms with Crippen molar-refractivity contribution in [3.63, 3.8) is 0 Å². The van der Waals surface area contributed by atoms with Crippen LogP contribution in [0.3, 0.4) is 0 Å². The molecule has 4 aromatic rings. The molecule has 1 amide bonds. The molecule has 4 heterocycles. The van der Waals surface area contributed by atoms with E-state index in [1.165, 1.54) is 36.5 Å². The fraction of sp³-hybridized carbons (Fsp3) is 0.212. The number of nitrogens with zero attached hydrogens (tertiary/aromatic N) is 2. The molecule has 0 radical (unpaired) electrons. The SMILES string of the molecule is Nc1nc(=O)n([C@H]2CC[C@@H](COP(=O)(O)OP(=O)(O)OP(=O)(O)O)O2)cc1C#CCNC(=O)c1ccc2c(c1)C(=O)OC21c2cc(Cl)c(O)c(Cl)c2Oc2c1cc(Cl)c(O)c2Cl. The zero-order valence-electron chi connectivity index (χ0n) is 30.4. The van der Waals surface area contributed by atoms with Crippen LogP contribution in [-0.2, 0) is 41.9 Å². The highest BCUT2D eigenvalue weighted by atomic mass is 35.5. The third-order valence-corrected chi connectivity index (χ3v) is 14.2. The van der Waals surface area contributed by atoms with Crippen molar-refractivity contribution in [2.75, 3.05) is 18.9 Å². The van der Waals surface area contributed by atoms with Crippen LogP contribution < -0.4 is 21.5 Å². The van der Waals surface area contributed by atoms with Crippen molar-refractivity contribution in [1.29, 1.82) is 0 Å². The topological polar surface area (TPSA) is 335 Å². The number of phosphoric ester groups is 1. The number of amides is 1. The van der Waals surface area contributed by atoms with Gasteiger partial charge in [0.1, 0.15) is 22.1 Å². The second-order valence-corrected chi connectivity index (χ2v) is 19.1. The molecule has 1 saturated heterocycles. The average Bonchev–Trinajstić information content (AvgIpc) is 3.76. The van der Waals surface area contributed by atoms with Gasteiger partial charge in [-0.25, -0.2) is 23.3 Å². The molecule has 0 bridgehead atoms. The van der Waals surface area contributed by atoms with Gasteiger partial charge in [-0.05, 0) is 37.1 Å². The Hall–Kier alpha value is -4.23. The van der Waals surface area contributed by atoms with Crippen LogP contribution >= 0.6 is 69.9 Å². The number of carbonyl (C=O) groups excluding carboxylic acids is 2. The smallest absolute Gasteiger partial charge is 0.490 e. The molecule has 328 valence electrons. The van der Waals surface area contributed by atoms with Gasteiger partial charge in [-0.1, -0.05) is 64.3 Å². The van der Waals surface area contributed by atoms with Crippen molar-refractivity contribution >= 4 is 87.6 Å². The molecule has 29 heteroatoms. The van der Waals surface area contributed by atoms with E-state index in [0.717, 1.165) is 4.57 Å². The van der Waals surface area contributed by atoms with Gasteiger partial charge in [-0.15, -0.1) is 0 Å². The van der Waals surface area contributed by atoms with Crippen molar-refractivity contribution in [2.45, 2.75) is 30.8 Å². The molecule has 22 nitrogen and oxygen atoms in total. The summed E-state index contributed by atoms with van der Waals surface area (Å²) in [7, 11) is -16.7. The molecule has 1 spiro atoms. The highest BCUT2D eigenvalue weighted by Gasteiger charge is 2.55. The normalized spacial score (nSPS) is 19.2. The summed E-state index contributed by atoms with van der Waals surface area (Å²) in [6, 6.07) is 6.60. The molecular weight excluding hydrogens is 975 g/mol. The van der Waals surface area contributed by atoms with E-state index in [2.05, 4.69) is 35.3 Å². The zero-order chi connectivity index (χ0) is 45.3. The molecule has 2 unspecified atom stereocenters. The molecule has 62 heavy (non-hydrogen) atoms. The van der Waals surface area contributed by atoms with Gasteiger partial charge in [0.25, 0.3) is 5.91 Å². The van der Waals surface area contributed by atoms with E-state index in [9.17, 15) is 48.1 Å². The lowest BCUT2D eigenvalue weighted by molar-refractivity contribution is -0.0242. The number of hydrogen-bond acceptors (Lipinski definition) is 16. The van der Waals surface area contributed by atoms with Crippen LogP contribution in [0.4, 0.5) is 5.82 Å². The number of nitrogens with two attached hydrogens (primary N) is 1. The lowest BCUT2D eigenvalue weighted by Crippen LogP contribution is -2.33. The maximum Gasteiger partial charge on any atom is 0.490 e. The summed E-state index contributed by atoms with van der Waals surface area (Å²) in [5, 5.41) is 22.4. The van der Waals surface area contributed by atoms with Crippen molar-refractivity contribution in [3.05, 3.63) is 100 Å². The van der Waals surface area contributed by atoms with Crippen molar-refractivity contribution in [2.24, 2.45) is 0 Å². The van der Waals surface area contributed by atoms with Gasteiger partial charge in [0.15, 0.2) is 28.6 Å². The van der Waals surface area contributed by atoms with E-state index in [-0.39, 0.29) is 90.2 Å². The number of carbonyl (C=O) groups is 2. The fourth-order valence-corrected chi connectivity index (χ4v) is 10.6. The number of hydrogen-bond donors (Lipinski definition) is 8. The third-order valence-electron chi connectivity index (χ3n) is 9.16. The van der Waals surface area contributed by atoms with E-state index in [0.29, 0.717) is 0 Å². The molecule has 1 fully saturated rings. The second kappa shape index (κ2) is 16.7. The van der Waals surface area contributed by atoms with E-state index < -0.39 is 77.1 Å². The van der Waals surface area contributed by atoms with E-state index in [4.69, 9.17) is 76.1 Å². The first-order chi connectivity index (χ1) is 28.9. The van der Waals surface area contributed by atoms with Gasteiger partial charge in [-0.3, -0.25) is 13.9 Å². The minimum Gasteiger partial charge on any atom is -0.505 e. The number of esters is 1. The van der Waals surface area contributed by atoms with Crippen molar-refractivity contribution in [3.8, 4) is 34.8 Å². The van der Waals surface area contributed by atoms with Gasteiger partial charge in [0.05, 0.1) is 51.6 Å². The highest BCUT2D eigenvalue weighted by Crippen LogP contribution is 2.67. The number of rotatable bonds is 10. The predicted molar refractivity (Wildman–Crippen MR) is 213 cm³/mol. The van der Waals surface area contributed by atoms with E-state index in [1.807, 2.05) is 0 Å². The van der Waals surface area contributed by atoms with Crippen LogP contribution in [0.1, 0.15) is 62.0 Å². The van der Waals surface area contributed by atoms with Gasteiger partial charge in [0, 0.05) is 17.3 Å². The number of benzene rings is 3. The Morgan fingerprint density at radius 2 is 1.56 bits per heavy atom. The Kier molecular flexibility index (Phi) is 12.3. The molecule has 7 rings (SSSR count). The number of anilines is 1. The Morgan fingerprint density at radius 1 is 0.935 bits per heavy atom. The number of aromatic hydroxyl groups is 2. The first kappa shape index (κ1) is 45.8. The minimum absolute atomic E-state index is 0.00815. The maximum atomic E-state index is 13.6. The fourth-order valence-electron chi connectivity index (χ4n) is 6.61. The first-order valence-corrected chi connectivity index (χ1v) is 23.0. The quantitative estimate of drug-likeness (QED) is 0.0573. The Morgan fingerprint density at radius 3 is 2.18 bits per heavy atom. The zero-order valence-corrected chi connectivity index (χ0v) is 36.1. The molecule has 3 aromatic carbocycles. The van der Waals surface area contributed by atoms with Crippen LogP contribution in [0.5, 0.6) is 23.0 Å².